The maximum atomic E-state index is 12.3. The Hall–Kier alpha value is -2.33. The minimum absolute atomic E-state index is 0.217. The maximum absolute atomic E-state index is 12.3. The molecule has 2 amide bonds. The van der Waals surface area contributed by atoms with E-state index in [-0.39, 0.29) is 11.1 Å². The quantitative estimate of drug-likeness (QED) is 0.636. The number of nitrogens with zero attached hydrogens (tertiary/aromatic N) is 1. The van der Waals surface area contributed by atoms with Crippen molar-refractivity contribution in [1.82, 2.24) is 4.90 Å². The summed E-state index contributed by atoms with van der Waals surface area (Å²) in [6.45, 7) is 8.32. The summed E-state index contributed by atoms with van der Waals surface area (Å²) in [6, 6.07) is 19.1. The van der Waals surface area contributed by atoms with Crippen molar-refractivity contribution >= 4 is 29.0 Å². The number of hydrogen-bond acceptors (Lipinski definition) is 3. The largest absolute Gasteiger partial charge is 0.293 e. The molecule has 0 N–H and O–H groups in total. The van der Waals surface area contributed by atoms with Crippen molar-refractivity contribution in [3.8, 4) is 0 Å². The summed E-state index contributed by atoms with van der Waals surface area (Å²) in [7, 11) is 0. The third-order valence-electron chi connectivity index (χ3n) is 3.15. The van der Waals surface area contributed by atoms with Crippen molar-refractivity contribution in [3.63, 3.8) is 0 Å². The lowest BCUT2D eigenvalue weighted by Gasteiger charge is -2.12. The molecule has 0 atom stereocenters. The lowest BCUT2D eigenvalue weighted by atomic mass is 10.2. The molecule has 0 unspecified atom stereocenters. The van der Waals surface area contributed by atoms with Gasteiger partial charge in [0.25, 0.3) is 11.1 Å². The molecule has 1 saturated heterocycles. The van der Waals surface area contributed by atoms with Crippen LogP contribution < -0.4 is 0 Å². The van der Waals surface area contributed by atoms with Gasteiger partial charge in [0.2, 0.25) is 0 Å². The van der Waals surface area contributed by atoms with Gasteiger partial charge in [0, 0.05) is 0 Å². The summed E-state index contributed by atoms with van der Waals surface area (Å²) in [6.07, 6.45) is 1.76. The topological polar surface area (TPSA) is 37.4 Å². The molecule has 0 radical (unpaired) electrons. The molecular weight excluding hydrogens is 330 g/mol. The molecule has 1 heterocycles. The molecule has 0 saturated carbocycles. The Bertz CT molecular complexity index is 696. The van der Waals surface area contributed by atoms with Gasteiger partial charge in [-0.3, -0.25) is 14.5 Å². The summed E-state index contributed by atoms with van der Waals surface area (Å²) < 4.78 is 0. The molecule has 3 nitrogen and oxygen atoms in total. The number of carbonyl (C=O) groups excluding carboxylic acids is 2. The van der Waals surface area contributed by atoms with Gasteiger partial charge in [0.05, 0.1) is 11.4 Å². The van der Waals surface area contributed by atoms with Gasteiger partial charge in [-0.15, -0.1) is 0 Å². The number of benzene rings is 2. The van der Waals surface area contributed by atoms with E-state index in [1.54, 1.807) is 6.08 Å². The molecule has 0 aromatic heterocycles. The zero-order valence-corrected chi connectivity index (χ0v) is 16.0. The average molecular weight is 356 g/mol. The molecule has 2 aromatic rings. The Morgan fingerprint density at radius 2 is 1.36 bits per heavy atom. The van der Waals surface area contributed by atoms with E-state index in [1.165, 1.54) is 4.90 Å². The van der Waals surface area contributed by atoms with E-state index in [2.05, 4.69) is 0 Å². The molecule has 3 rings (SSSR count). The van der Waals surface area contributed by atoms with Crippen LogP contribution in [0, 0.1) is 0 Å². The molecule has 0 aliphatic carbocycles. The van der Waals surface area contributed by atoms with E-state index in [0.29, 0.717) is 11.4 Å². The standard InChI is InChI=1S/C17H13NO2S.2C2H6/c19-16-15(11-13-7-3-1-4-8-13)21-17(20)18(16)12-14-9-5-2-6-10-14;2*1-2/h1-11H,12H2;2*1-2H3/b15-11-;;. The van der Waals surface area contributed by atoms with Crippen LogP contribution in [0.3, 0.4) is 0 Å². The van der Waals surface area contributed by atoms with Crippen LogP contribution in [-0.2, 0) is 11.3 Å². The summed E-state index contributed by atoms with van der Waals surface area (Å²) >= 11 is 0.994. The zero-order valence-electron chi connectivity index (χ0n) is 15.2. The first-order valence-electron chi connectivity index (χ1n) is 8.58. The minimum atomic E-state index is -0.224. The zero-order chi connectivity index (χ0) is 18.7. The second kappa shape index (κ2) is 11.3. The minimum Gasteiger partial charge on any atom is -0.268 e. The van der Waals surface area contributed by atoms with Gasteiger partial charge in [-0.25, -0.2) is 0 Å². The van der Waals surface area contributed by atoms with Crippen LogP contribution in [0.2, 0.25) is 0 Å². The predicted molar refractivity (Wildman–Crippen MR) is 107 cm³/mol. The number of imide groups is 1. The smallest absolute Gasteiger partial charge is 0.268 e. The summed E-state index contributed by atoms with van der Waals surface area (Å²) in [5.41, 5.74) is 1.86. The molecule has 2 aromatic carbocycles. The van der Waals surface area contributed by atoms with Crippen LogP contribution in [-0.4, -0.2) is 16.0 Å². The van der Waals surface area contributed by atoms with Crippen molar-refractivity contribution in [1.29, 1.82) is 0 Å². The van der Waals surface area contributed by atoms with E-state index in [1.807, 2.05) is 88.4 Å². The highest BCUT2D eigenvalue weighted by Gasteiger charge is 2.34. The van der Waals surface area contributed by atoms with Crippen molar-refractivity contribution < 1.29 is 9.59 Å². The van der Waals surface area contributed by atoms with E-state index in [9.17, 15) is 9.59 Å². The Morgan fingerprint density at radius 1 is 0.840 bits per heavy atom. The SMILES string of the molecule is CC.CC.O=C1S/C(=C\c2ccccc2)C(=O)N1Cc1ccccc1. The fourth-order valence-corrected chi connectivity index (χ4v) is 2.94. The Labute approximate surface area is 154 Å². The monoisotopic (exact) mass is 355 g/mol. The first-order chi connectivity index (χ1) is 12.2. The van der Waals surface area contributed by atoms with Crippen molar-refractivity contribution in [2.24, 2.45) is 0 Å². The summed E-state index contributed by atoms with van der Waals surface area (Å²) in [5.74, 6) is -0.224. The van der Waals surface area contributed by atoms with E-state index >= 15 is 0 Å². The normalized spacial score (nSPS) is 14.6. The summed E-state index contributed by atoms with van der Waals surface area (Å²) in [4.78, 5) is 26.1. The Balaban J connectivity index is 0.000000730. The van der Waals surface area contributed by atoms with Gasteiger partial charge in [-0.05, 0) is 29.0 Å². The lowest BCUT2D eigenvalue weighted by molar-refractivity contribution is -0.123. The molecule has 1 aliphatic heterocycles. The third kappa shape index (κ3) is 5.91. The van der Waals surface area contributed by atoms with E-state index in [0.717, 1.165) is 22.9 Å². The van der Waals surface area contributed by atoms with Gasteiger partial charge < -0.3 is 0 Å². The second-order valence-corrected chi connectivity index (χ2v) is 5.66. The summed E-state index contributed by atoms with van der Waals surface area (Å²) in [5, 5.41) is -0.217. The molecule has 4 heteroatoms. The van der Waals surface area contributed by atoms with Crippen LogP contribution in [0.15, 0.2) is 65.6 Å². The van der Waals surface area contributed by atoms with Gasteiger partial charge in [-0.2, -0.15) is 0 Å². The van der Waals surface area contributed by atoms with Crippen LogP contribution in [0.4, 0.5) is 4.79 Å². The number of hydrogen-bond donors (Lipinski definition) is 0. The number of amides is 2. The highest BCUT2D eigenvalue weighted by atomic mass is 32.2. The van der Waals surface area contributed by atoms with Crippen molar-refractivity contribution in [3.05, 3.63) is 76.7 Å². The highest BCUT2D eigenvalue weighted by molar-refractivity contribution is 8.18. The molecule has 1 aliphatic rings. The van der Waals surface area contributed by atoms with E-state index in [4.69, 9.17) is 0 Å². The number of rotatable bonds is 3. The Morgan fingerprint density at radius 3 is 1.92 bits per heavy atom. The van der Waals surface area contributed by atoms with Crippen LogP contribution >= 0.6 is 11.8 Å². The highest BCUT2D eigenvalue weighted by Crippen LogP contribution is 2.33. The lowest BCUT2D eigenvalue weighted by Crippen LogP contribution is -2.27. The predicted octanol–water partition coefficient (Wildman–Crippen LogP) is 5.98. The molecular formula is C21H25NO2S. The first kappa shape index (κ1) is 20.7. The van der Waals surface area contributed by atoms with Crippen LogP contribution in [0.25, 0.3) is 6.08 Å². The molecule has 25 heavy (non-hydrogen) atoms. The molecule has 0 bridgehead atoms. The molecule has 132 valence electrons. The van der Waals surface area contributed by atoms with Crippen molar-refractivity contribution in [2.75, 3.05) is 0 Å². The Kier molecular flexibility index (Phi) is 9.33. The average Bonchev–Trinajstić information content (AvgIpc) is 2.94. The molecule has 1 fully saturated rings. The van der Waals surface area contributed by atoms with Crippen LogP contribution in [0.1, 0.15) is 38.8 Å². The van der Waals surface area contributed by atoms with Gasteiger partial charge in [-0.1, -0.05) is 88.4 Å². The van der Waals surface area contributed by atoms with Gasteiger partial charge in [0.1, 0.15) is 0 Å². The van der Waals surface area contributed by atoms with Gasteiger partial charge in [0.15, 0.2) is 0 Å². The number of carbonyl (C=O) groups is 2. The second-order valence-electron chi connectivity index (χ2n) is 4.66. The third-order valence-corrected chi connectivity index (χ3v) is 4.06. The van der Waals surface area contributed by atoms with Gasteiger partial charge >= 0.3 is 0 Å². The number of thioether (sulfide) groups is 1. The van der Waals surface area contributed by atoms with Crippen molar-refractivity contribution in [2.45, 2.75) is 34.2 Å². The van der Waals surface area contributed by atoms with E-state index < -0.39 is 0 Å². The maximum Gasteiger partial charge on any atom is 0.293 e. The fourth-order valence-electron chi connectivity index (χ4n) is 2.10. The fraction of sp³-hybridized carbons (Fsp3) is 0.238. The first-order valence-corrected chi connectivity index (χ1v) is 9.40. The van der Waals surface area contributed by atoms with Crippen LogP contribution in [0.5, 0.6) is 0 Å². The molecule has 0 spiro atoms.